The number of ether oxygens (including phenoxy) is 1. The first-order chi connectivity index (χ1) is 13.7. The van der Waals surface area contributed by atoms with Crippen molar-refractivity contribution in [2.75, 3.05) is 13.1 Å². The molecule has 4 atom stereocenters. The van der Waals surface area contributed by atoms with Crippen LogP contribution >= 0.6 is 0 Å². The summed E-state index contributed by atoms with van der Waals surface area (Å²) < 4.78 is 44.6. The smallest absolute Gasteiger partial charge is 0.444 e. The average Bonchev–Trinajstić information content (AvgIpc) is 3.51. The Balaban J connectivity index is 1.50. The van der Waals surface area contributed by atoms with Crippen LogP contribution in [-0.4, -0.2) is 81.1 Å². The molecule has 7 nitrogen and oxygen atoms in total. The highest BCUT2D eigenvalue weighted by molar-refractivity contribution is 5.88. The van der Waals surface area contributed by atoms with E-state index in [4.69, 9.17) is 4.74 Å². The first-order valence-corrected chi connectivity index (χ1v) is 10.4. The summed E-state index contributed by atoms with van der Waals surface area (Å²) in [5.41, 5.74) is -1.63. The van der Waals surface area contributed by atoms with Crippen LogP contribution in [0.5, 0.6) is 0 Å². The number of piperazine rings is 1. The summed E-state index contributed by atoms with van der Waals surface area (Å²) in [5, 5.41) is 0. The van der Waals surface area contributed by atoms with Crippen LogP contribution in [0.3, 0.4) is 0 Å². The molecule has 0 radical (unpaired) electrons. The number of hydrogen-bond acceptors (Lipinski definition) is 4. The molecule has 0 aromatic heterocycles. The minimum absolute atomic E-state index is 0.00733. The zero-order valence-electron chi connectivity index (χ0n) is 17.7. The van der Waals surface area contributed by atoms with Crippen LogP contribution in [0.4, 0.5) is 18.0 Å². The van der Waals surface area contributed by atoms with Crippen LogP contribution in [0.25, 0.3) is 0 Å². The molecule has 4 aliphatic rings. The topological polar surface area (TPSA) is 70.2 Å². The summed E-state index contributed by atoms with van der Waals surface area (Å²) in [6.45, 7) is 6.85. The SMILES string of the molecule is C[C@H]1CN(C(=O)C(F)(F)F)C2(CC2)CN1C(=O)[C@@H]1C[C@H]2C[C@H]2N1C(=O)OC(C)(C)C. The molecule has 4 fully saturated rings. The monoisotopic (exact) mass is 431 g/mol. The maximum absolute atomic E-state index is 13.4. The Labute approximate surface area is 173 Å². The first kappa shape index (κ1) is 21.2. The van der Waals surface area contributed by atoms with Crippen LogP contribution in [0.1, 0.15) is 53.4 Å². The summed E-state index contributed by atoms with van der Waals surface area (Å²) in [6, 6.07) is -1.23. The van der Waals surface area contributed by atoms with Gasteiger partial charge in [-0.2, -0.15) is 13.2 Å². The molecule has 1 spiro atoms. The second-order valence-electron chi connectivity index (χ2n) is 10.2. The molecule has 0 aromatic carbocycles. The van der Waals surface area contributed by atoms with Crippen molar-refractivity contribution < 1.29 is 32.3 Å². The molecule has 30 heavy (non-hydrogen) atoms. The van der Waals surface area contributed by atoms with Gasteiger partial charge in [-0.15, -0.1) is 0 Å². The van der Waals surface area contributed by atoms with Crippen molar-refractivity contribution in [3.63, 3.8) is 0 Å². The minimum Gasteiger partial charge on any atom is -0.444 e. The van der Waals surface area contributed by atoms with E-state index in [-0.39, 0.29) is 31.0 Å². The van der Waals surface area contributed by atoms with Crippen molar-refractivity contribution >= 4 is 17.9 Å². The van der Waals surface area contributed by atoms with Crippen molar-refractivity contribution in [2.24, 2.45) is 5.92 Å². The molecule has 2 aliphatic carbocycles. The molecule has 168 valence electrons. The van der Waals surface area contributed by atoms with E-state index in [9.17, 15) is 27.6 Å². The fourth-order valence-corrected chi connectivity index (χ4v) is 4.88. The van der Waals surface area contributed by atoms with Crippen LogP contribution in [0.15, 0.2) is 0 Å². The Morgan fingerprint density at radius 3 is 2.23 bits per heavy atom. The number of hydrogen-bond donors (Lipinski definition) is 0. The van der Waals surface area contributed by atoms with Gasteiger partial charge in [0.1, 0.15) is 11.6 Å². The zero-order chi connectivity index (χ0) is 22.2. The van der Waals surface area contributed by atoms with Gasteiger partial charge in [-0.1, -0.05) is 0 Å². The van der Waals surface area contributed by atoms with E-state index in [1.165, 1.54) is 4.90 Å². The van der Waals surface area contributed by atoms with E-state index < -0.39 is 41.4 Å². The molecule has 2 heterocycles. The third kappa shape index (κ3) is 3.62. The molecule has 2 aliphatic heterocycles. The standard InChI is InChI=1S/C20H28F3N3O4/c1-11-9-25(16(28)20(21,22)23)19(5-6-19)10-24(11)15(27)14-8-12-7-13(12)26(14)17(29)30-18(2,3)4/h11-14H,5-10H2,1-4H3/t11-,12+,13+,14-/m0/s1. The van der Waals surface area contributed by atoms with Gasteiger partial charge < -0.3 is 14.5 Å². The number of fused-ring (bicyclic) bond motifs is 1. The molecule has 0 aromatic rings. The third-order valence-corrected chi connectivity index (χ3v) is 6.61. The minimum atomic E-state index is -4.93. The summed E-state index contributed by atoms with van der Waals surface area (Å²) in [4.78, 5) is 42.0. The molecule has 10 heteroatoms. The van der Waals surface area contributed by atoms with Crippen molar-refractivity contribution in [3.8, 4) is 0 Å². The Morgan fingerprint density at radius 2 is 1.70 bits per heavy atom. The molecule has 0 bridgehead atoms. The molecule has 3 amide bonds. The van der Waals surface area contributed by atoms with Crippen LogP contribution < -0.4 is 0 Å². The van der Waals surface area contributed by atoms with Gasteiger partial charge in [0.2, 0.25) is 5.91 Å². The van der Waals surface area contributed by atoms with Crippen LogP contribution in [-0.2, 0) is 14.3 Å². The molecule has 2 saturated heterocycles. The Kier molecular flexibility index (Phi) is 4.60. The molecular formula is C20H28F3N3O4. The van der Waals surface area contributed by atoms with Gasteiger partial charge in [-0.25, -0.2) is 4.79 Å². The summed E-state index contributed by atoms with van der Waals surface area (Å²) in [7, 11) is 0. The van der Waals surface area contributed by atoms with Crippen molar-refractivity contribution in [1.29, 1.82) is 0 Å². The summed E-state index contributed by atoms with van der Waals surface area (Å²) in [5.74, 6) is -1.83. The number of halogens is 3. The predicted molar refractivity (Wildman–Crippen MR) is 99.3 cm³/mol. The largest absolute Gasteiger partial charge is 0.471 e. The number of piperidine rings is 1. The van der Waals surface area contributed by atoms with Gasteiger partial charge in [-0.3, -0.25) is 14.5 Å². The number of nitrogens with zero attached hydrogens (tertiary/aromatic N) is 3. The lowest BCUT2D eigenvalue weighted by Gasteiger charge is -2.47. The van der Waals surface area contributed by atoms with Crippen molar-refractivity contribution in [1.82, 2.24) is 14.7 Å². The second-order valence-corrected chi connectivity index (χ2v) is 10.2. The van der Waals surface area contributed by atoms with Gasteiger partial charge in [-0.05, 0) is 59.3 Å². The summed E-state index contributed by atoms with van der Waals surface area (Å²) >= 11 is 0. The maximum atomic E-state index is 13.4. The highest BCUT2D eigenvalue weighted by Gasteiger charge is 2.62. The van der Waals surface area contributed by atoms with Gasteiger partial charge in [0.25, 0.3) is 0 Å². The average molecular weight is 431 g/mol. The molecular weight excluding hydrogens is 403 g/mol. The predicted octanol–water partition coefficient (Wildman–Crippen LogP) is 2.54. The first-order valence-electron chi connectivity index (χ1n) is 10.4. The van der Waals surface area contributed by atoms with E-state index in [0.29, 0.717) is 19.3 Å². The fraction of sp³-hybridized carbons (Fsp3) is 0.850. The molecule has 2 saturated carbocycles. The lowest BCUT2D eigenvalue weighted by molar-refractivity contribution is -0.193. The van der Waals surface area contributed by atoms with E-state index in [2.05, 4.69) is 0 Å². The number of alkyl halides is 3. The quantitative estimate of drug-likeness (QED) is 0.640. The van der Waals surface area contributed by atoms with Gasteiger partial charge in [0, 0.05) is 25.2 Å². The number of likely N-dealkylation sites (tertiary alicyclic amines) is 1. The van der Waals surface area contributed by atoms with E-state index in [1.807, 2.05) is 0 Å². The van der Waals surface area contributed by atoms with Gasteiger partial charge in [0.05, 0.1) is 5.54 Å². The number of carbonyl (C=O) groups excluding carboxylic acids is 3. The number of rotatable bonds is 1. The molecule has 4 rings (SSSR count). The van der Waals surface area contributed by atoms with Crippen molar-refractivity contribution in [2.45, 2.75) is 88.8 Å². The van der Waals surface area contributed by atoms with Gasteiger partial charge in [0.15, 0.2) is 0 Å². The fourth-order valence-electron chi connectivity index (χ4n) is 4.88. The Bertz CT molecular complexity index is 774. The highest BCUT2D eigenvalue weighted by Crippen LogP contribution is 2.50. The molecule has 0 N–H and O–H groups in total. The number of amides is 3. The van der Waals surface area contributed by atoms with E-state index >= 15 is 0 Å². The normalized spacial score (nSPS) is 32.2. The van der Waals surface area contributed by atoms with E-state index in [1.54, 1.807) is 32.6 Å². The third-order valence-electron chi connectivity index (χ3n) is 6.61. The van der Waals surface area contributed by atoms with Crippen molar-refractivity contribution in [3.05, 3.63) is 0 Å². The highest BCUT2D eigenvalue weighted by atomic mass is 19.4. The Morgan fingerprint density at radius 1 is 1.07 bits per heavy atom. The van der Waals surface area contributed by atoms with E-state index in [0.717, 1.165) is 11.3 Å². The lowest BCUT2D eigenvalue weighted by atomic mass is 10.0. The zero-order valence-corrected chi connectivity index (χ0v) is 17.7. The second kappa shape index (κ2) is 6.50. The Hall–Kier alpha value is -2.00. The molecule has 0 unspecified atom stereocenters. The summed E-state index contributed by atoms with van der Waals surface area (Å²) in [6.07, 6.45) is -3.18. The van der Waals surface area contributed by atoms with Crippen LogP contribution in [0, 0.1) is 5.92 Å². The van der Waals surface area contributed by atoms with Crippen LogP contribution in [0.2, 0.25) is 0 Å². The maximum Gasteiger partial charge on any atom is 0.471 e. The number of carbonyl (C=O) groups is 3. The lowest BCUT2D eigenvalue weighted by Crippen LogP contribution is -2.65. The van der Waals surface area contributed by atoms with Gasteiger partial charge >= 0.3 is 18.2 Å².